The lowest BCUT2D eigenvalue weighted by molar-refractivity contribution is -0.277. The molecule has 2 saturated heterocycles. The summed E-state index contributed by atoms with van der Waals surface area (Å²) in [4.78, 5) is 37.6. The lowest BCUT2D eigenvalue weighted by atomic mass is 9.99. The van der Waals surface area contributed by atoms with Crippen LogP contribution < -0.4 is 14.9 Å². The average molecular weight is 679 g/mol. The maximum absolute atomic E-state index is 14.0. The molecule has 0 bridgehead atoms. The Morgan fingerprint density at radius 1 is 0.812 bits per heavy atom. The maximum Gasteiger partial charge on any atom is 0.303 e. The average Bonchev–Trinajstić information content (AvgIpc) is 3.02. The summed E-state index contributed by atoms with van der Waals surface area (Å²) in [7, 11) is 0. The van der Waals surface area contributed by atoms with E-state index in [2.05, 4.69) is 0 Å². The predicted molar refractivity (Wildman–Crippen MR) is 158 cm³/mol. The minimum absolute atomic E-state index is 0.129. The maximum atomic E-state index is 14.0. The van der Waals surface area contributed by atoms with Crippen molar-refractivity contribution < 1.29 is 78.2 Å². The van der Waals surface area contributed by atoms with Gasteiger partial charge in [0.05, 0.1) is 12.7 Å². The van der Waals surface area contributed by atoms with E-state index < -0.39 is 102 Å². The van der Waals surface area contributed by atoms with Crippen LogP contribution in [0.15, 0.2) is 45.6 Å². The van der Waals surface area contributed by atoms with Crippen molar-refractivity contribution in [3.63, 3.8) is 0 Å². The van der Waals surface area contributed by atoms with Gasteiger partial charge in [-0.3, -0.25) is 14.4 Å². The van der Waals surface area contributed by atoms with Crippen molar-refractivity contribution >= 4 is 22.9 Å². The first kappa shape index (κ1) is 34.8. The number of aliphatic hydroxyl groups is 5. The molecule has 260 valence electrons. The lowest BCUT2D eigenvalue weighted by Gasteiger charge is -2.41. The molecule has 2 aromatic carbocycles. The van der Waals surface area contributed by atoms with E-state index in [1.165, 1.54) is 31.2 Å². The fourth-order valence-electron chi connectivity index (χ4n) is 5.41. The molecule has 0 amide bonds. The summed E-state index contributed by atoms with van der Waals surface area (Å²) >= 11 is 0. The summed E-state index contributed by atoms with van der Waals surface area (Å²) in [6, 6.07) is 7.44. The molecular formula is C31H34O17. The van der Waals surface area contributed by atoms with Crippen molar-refractivity contribution in [1.29, 1.82) is 0 Å². The van der Waals surface area contributed by atoms with Gasteiger partial charge in [-0.25, -0.2) is 0 Å². The number of phenols is 2. The zero-order chi connectivity index (χ0) is 35.0. The van der Waals surface area contributed by atoms with E-state index in [1.54, 1.807) is 0 Å². The number of aliphatic hydroxyl groups excluding tert-OH is 5. The summed E-state index contributed by atoms with van der Waals surface area (Å²) in [5.74, 6) is -3.50. The molecule has 0 spiro atoms. The van der Waals surface area contributed by atoms with Crippen LogP contribution in [0.4, 0.5) is 0 Å². The van der Waals surface area contributed by atoms with E-state index in [-0.39, 0.29) is 28.4 Å². The van der Waals surface area contributed by atoms with Gasteiger partial charge in [-0.2, -0.15) is 0 Å². The Kier molecular flexibility index (Phi) is 10.1. The number of carbonyl (C=O) groups is 2. The predicted octanol–water partition coefficient (Wildman–Crippen LogP) is -0.602. The van der Waals surface area contributed by atoms with Gasteiger partial charge >= 0.3 is 11.9 Å². The minimum atomic E-state index is -1.78. The number of esters is 2. The molecule has 3 aromatic rings. The fourth-order valence-corrected chi connectivity index (χ4v) is 5.41. The SMILES string of the molecule is CC(=O)O[C@@H]1[C@@H](O)[C@@H](OC(C)=O)[C@H](Oc2c(-c3ccc(O)cc3)oc3cc(O[C@@H]4O[C@H](CO)[C@@H](O)[C@H](O)[C@H]4O)cc(O)c3c2=O)O[C@H]1C. The second-order valence-electron chi connectivity index (χ2n) is 11.2. The molecule has 5 rings (SSSR count). The Hall–Kier alpha value is -4.49. The van der Waals surface area contributed by atoms with Crippen molar-refractivity contribution in [2.75, 3.05) is 6.61 Å². The first-order valence-corrected chi connectivity index (χ1v) is 14.6. The number of hydrogen-bond acceptors (Lipinski definition) is 17. The number of aromatic hydroxyl groups is 2. The van der Waals surface area contributed by atoms with Gasteiger partial charge in [0.15, 0.2) is 18.0 Å². The molecule has 48 heavy (non-hydrogen) atoms. The monoisotopic (exact) mass is 678 g/mol. The highest BCUT2D eigenvalue weighted by Gasteiger charge is 2.49. The molecule has 1 aromatic heterocycles. The highest BCUT2D eigenvalue weighted by Crippen LogP contribution is 2.39. The van der Waals surface area contributed by atoms with E-state index in [1.807, 2.05) is 0 Å². The molecule has 7 N–H and O–H groups in total. The molecule has 0 aliphatic carbocycles. The van der Waals surface area contributed by atoms with E-state index in [9.17, 15) is 50.1 Å². The number of fused-ring (bicyclic) bond motifs is 1. The van der Waals surface area contributed by atoms with Crippen LogP contribution in [-0.4, -0.2) is 116 Å². The Morgan fingerprint density at radius 3 is 2.08 bits per heavy atom. The summed E-state index contributed by atoms with van der Waals surface area (Å²) in [6.45, 7) is 2.89. The largest absolute Gasteiger partial charge is 0.508 e. The Bertz CT molecular complexity index is 1700. The zero-order valence-electron chi connectivity index (χ0n) is 25.7. The number of hydrogen-bond donors (Lipinski definition) is 7. The van der Waals surface area contributed by atoms with E-state index in [4.69, 9.17) is 32.8 Å². The topological polar surface area (TPSA) is 261 Å². The molecular weight excluding hydrogens is 644 g/mol. The molecule has 17 nitrogen and oxygen atoms in total. The molecule has 17 heteroatoms. The van der Waals surface area contributed by atoms with E-state index >= 15 is 0 Å². The van der Waals surface area contributed by atoms with E-state index in [0.29, 0.717) is 0 Å². The molecule has 2 aliphatic heterocycles. The highest BCUT2D eigenvalue weighted by atomic mass is 16.7. The van der Waals surface area contributed by atoms with Crippen molar-refractivity contribution in [3.05, 3.63) is 46.6 Å². The third-order valence-electron chi connectivity index (χ3n) is 7.73. The first-order valence-electron chi connectivity index (χ1n) is 14.6. The first-order chi connectivity index (χ1) is 22.7. The van der Waals surface area contributed by atoms with Crippen LogP contribution in [0.3, 0.4) is 0 Å². The van der Waals surface area contributed by atoms with E-state index in [0.717, 1.165) is 26.0 Å². The van der Waals surface area contributed by atoms with Gasteiger partial charge in [-0.05, 0) is 31.2 Å². The van der Waals surface area contributed by atoms with Crippen LogP contribution in [0.1, 0.15) is 20.8 Å². The molecule has 10 atom stereocenters. The minimum Gasteiger partial charge on any atom is -0.508 e. The highest BCUT2D eigenvalue weighted by molar-refractivity contribution is 5.88. The second-order valence-corrected chi connectivity index (χ2v) is 11.2. The fraction of sp³-hybridized carbons (Fsp3) is 0.452. The Labute approximate surface area is 271 Å². The van der Waals surface area contributed by atoms with Gasteiger partial charge in [0.2, 0.25) is 23.8 Å². The van der Waals surface area contributed by atoms with Crippen LogP contribution >= 0.6 is 0 Å². The molecule has 0 unspecified atom stereocenters. The molecule has 3 heterocycles. The van der Waals surface area contributed by atoms with Gasteiger partial charge in [-0.15, -0.1) is 0 Å². The van der Waals surface area contributed by atoms with Gasteiger partial charge in [0, 0.05) is 31.5 Å². The van der Waals surface area contributed by atoms with Gasteiger partial charge < -0.3 is 68.6 Å². The summed E-state index contributed by atoms with van der Waals surface area (Å²) in [5, 5.41) is 71.5. The summed E-state index contributed by atoms with van der Waals surface area (Å²) in [6.07, 6.45) is -15.4. The Balaban J connectivity index is 1.58. The summed E-state index contributed by atoms with van der Waals surface area (Å²) < 4.78 is 39.1. The molecule has 2 fully saturated rings. The molecule has 0 radical (unpaired) electrons. The van der Waals surface area contributed by atoms with Crippen LogP contribution in [0.5, 0.6) is 23.0 Å². The number of carbonyl (C=O) groups excluding carboxylic acids is 2. The molecule has 0 saturated carbocycles. The Morgan fingerprint density at radius 2 is 1.46 bits per heavy atom. The normalized spacial score (nSPS) is 30.4. The smallest absolute Gasteiger partial charge is 0.303 e. The quantitative estimate of drug-likeness (QED) is 0.147. The lowest BCUT2D eigenvalue weighted by Crippen LogP contribution is -2.60. The zero-order valence-corrected chi connectivity index (χ0v) is 25.7. The standard InChI is InChI=1S/C31H34O17/c1-11-26(43-12(2)33)25(41)29(44-13(3)34)31(42-11)48-28-22(38)20-17(36)8-16(45-30-24(40)23(39)21(37)19(10-32)47-30)9-18(20)46-27(28)14-4-6-15(35)7-5-14/h4-9,11,19,21,23-26,29-32,35-37,39-41H,10H2,1-3H3/t11-,19+,21+,23-,24+,25+,26-,29+,30+,31-/m0/s1. The van der Waals surface area contributed by atoms with Gasteiger partial charge in [-0.1, -0.05) is 0 Å². The van der Waals surface area contributed by atoms with Crippen LogP contribution in [-0.2, 0) is 28.5 Å². The number of ether oxygens (including phenoxy) is 6. The van der Waals surface area contributed by atoms with Crippen LogP contribution in [0, 0.1) is 0 Å². The van der Waals surface area contributed by atoms with Crippen molar-refractivity contribution in [1.82, 2.24) is 0 Å². The van der Waals surface area contributed by atoms with Crippen LogP contribution in [0.2, 0.25) is 0 Å². The van der Waals surface area contributed by atoms with Gasteiger partial charge in [0.1, 0.15) is 58.7 Å². The number of benzene rings is 2. The number of phenolic OH excluding ortho intramolecular Hbond substituents is 2. The van der Waals surface area contributed by atoms with Crippen LogP contribution in [0.25, 0.3) is 22.3 Å². The van der Waals surface area contributed by atoms with Crippen molar-refractivity contribution in [3.8, 4) is 34.3 Å². The van der Waals surface area contributed by atoms with Crippen molar-refractivity contribution in [2.45, 2.75) is 82.2 Å². The second kappa shape index (κ2) is 13.9. The van der Waals surface area contributed by atoms with Crippen molar-refractivity contribution in [2.24, 2.45) is 0 Å². The van der Waals surface area contributed by atoms with Gasteiger partial charge in [0.25, 0.3) is 0 Å². The third-order valence-corrected chi connectivity index (χ3v) is 7.73. The number of rotatable bonds is 8. The third kappa shape index (κ3) is 6.88. The molecule has 2 aliphatic rings. The summed E-state index contributed by atoms with van der Waals surface area (Å²) in [5.41, 5.74) is -1.07.